The van der Waals surface area contributed by atoms with E-state index in [2.05, 4.69) is 25.5 Å². The van der Waals surface area contributed by atoms with Crippen molar-refractivity contribution in [1.82, 2.24) is 20.2 Å². The lowest BCUT2D eigenvalue weighted by molar-refractivity contribution is 0.0942. The minimum absolute atomic E-state index is 0.0885. The van der Waals surface area contributed by atoms with Crippen LogP contribution in [0.3, 0.4) is 0 Å². The number of ketones is 1. The van der Waals surface area contributed by atoms with Crippen LogP contribution in [0.2, 0.25) is 0 Å². The predicted octanol–water partition coefficient (Wildman–Crippen LogP) is 3.20. The molecule has 1 aliphatic heterocycles. The highest BCUT2D eigenvalue weighted by Crippen LogP contribution is 2.30. The van der Waals surface area contributed by atoms with Crippen LogP contribution >= 0.6 is 11.3 Å². The SMILES string of the molecule is CN1CCC[C@H]1CNC(=O)c1ccc(Nc2nc(N)c(C(=O)c3c(F)cccc3F)s2)nc1. The molecule has 0 unspecified atom stereocenters. The Bertz CT molecular complexity index is 1160. The summed E-state index contributed by atoms with van der Waals surface area (Å²) in [6, 6.07) is 6.72. The van der Waals surface area contributed by atoms with Gasteiger partial charge in [0.25, 0.3) is 5.91 Å². The van der Waals surface area contributed by atoms with Gasteiger partial charge in [0.1, 0.15) is 28.1 Å². The van der Waals surface area contributed by atoms with Crippen LogP contribution in [-0.2, 0) is 0 Å². The molecule has 0 spiro atoms. The molecule has 1 saturated heterocycles. The molecular weight excluding hydrogens is 450 g/mol. The summed E-state index contributed by atoms with van der Waals surface area (Å²) in [4.78, 5) is 35.3. The summed E-state index contributed by atoms with van der Waals surface area (Å²) in [5.74, 6) is -2.83. The zero-order valence-corrected chi connectivity index (χ0v) is 18.6. The van der Waals surface area contributed by atoms with Crippen molar-refractivity contribution in [3.05, 3.63) is 64.2 Å². The van der Waals surface area contributed by atoms with Gasteiger partial charge in [0, 0.05) is 18.8 Å². The molecule has 0 aliphatic carbocycles. The Kier molecular flexibility index (Phi) is 6.61. The highest BCUT2D eigenvalue weighted by atomic mass is 32.1. The third-order valence-electron chi connectivity index (χ3n) is 5.48. The first-order chi connectivity index (χ1) is 15.8. The van der Waals surface area contributed by atoms with Crippen LogP contribution in [0.15, 0.2) is 36.5 Å². The van der Waals surface area contributed by atoms with Crippen LogP contribution in [0.1, 0.15) is 38.4 Å². The van der Waals surface area contributed by atoms with E-state index >= 15 is 0 Å². The number of pyridine rings is 1. The molecule has 11 heteroatoms. The average molecular weight is 473 g/mol. The molecule has 0 radical (unpaired) electrons. The van der Waals surface area contributed by atoms with E-state index in [1.807, 2.05) is 7.05 Å². The van der Waals surface area contributed by atoms with Crippen LogP contribution in [0.5, 0.6) is 0 Å². The molecule has 33 heavy (non-hydrogen) atoms. The van der Waals surface area contributed by atoms with E-state index in [4.69, 9.17) is 5.73 Å². The van der Waals surface area contributed by atoms with Crippen LogP contribution in [0.25, 0.3) is 0 Å². The number of anilines is 3. The summed E-state index contributed by atoms with van der Waals surface area (Å²) in [5.41, 5.74) is 5.53. The fourth-order valence-corrected chi connectivity index (χ4v) is 4.48. The molecule has 1 aromatic carbocycles. The lowest BCUT2D eigenvalue weighted by Gasteiger charge is -2.19. The number of carbonyl (C=O) groups excluding carboxylic acids is 2. The Morgan fingerprint density at radius 1 is 1.24 bits per heavy atom. The third kappa shape index (κ3) is 4.99. The average Bonchev–Trinajstić information content (AvgIpc) is 3.37. The van der Waals surface area contributed by atoms with E-state index in [9.17, 15) is 18.4 Å². The van der Waals surface area contributed by atoms with Gasteiger partial charge in [-0.2, -0.15) is 0 Å². The van der Waals surface area contributed by atoms with E-state index in [0.717, 1.165) is 42.9 Å². The van der Waals surface area contributed by atoms with Crippen molar-refractivity contribution < 1.29 is 18.4 Å². The minimum Gasteiger partial charge on any atom is -0.382 e. The molecule has 172 valence electrons. The maximum atomic E-state index is 14.0. The molecule has 4 rings (SSSR count). The maximum Gasteiger partial charge on any atom is 0.252 e. The molecule has 0 bridgehead atoms. The van der Waals surface area contributed by atoms with Crippen LogP contribution in [0, 0.1) is 11.6 Å². The number of aromatic nitrogens is 2. The molecule has 4 N–H and O–H groups in total. The molecule has 0 saturated carbocycles. The highest BCUT2D eigenvalue weighted by molar-refractivity contribution is 7.18. The third-order valence-corrected chi connectivity index (χ3v) is 6.47. The molecule has 1 fully saturated rings. The summed E-state index contributed by atoms with van der Waals surface area (Å²) in [7, 11) is 2.04. The Morgan fingerprint density at radius 3 is 2.64 bits per heavy atom. The quantitative estimate of drug-likeness (QED) is 0.453. The van der Waals surface area contributed by atoms with Crippen LogP contribution in [-0.4, -0.2) is 52.7 Å². The molecule has 3 aromatic rings. The Labute approximate surface area is 192 Å². The van der Waals surface area contributed by atoms with Crippen LogP contribution in [0.4, 0.5) is 25.5 Å². The topological polar surface area (TPSA) is 113 Å². The lowest BCUT2D eigenvalue weighted by atomic mass is 10.1. The summed E-state index contributed by atoms with van der Waals surface area (Å²) < 4.78 is 27.9. The fourth-order valence-electron chi connectivity index (χ4n) is 3.64. The minimum atomic E-state index is -0.975. The van der Waals surface area contributed by atoms with Gasteiger partial charge in [0.15, 0.2) is 5.13 Å². The first-order valence-corrected chi connectivity index (χ1v) is 11.1. The number of nitrogens with zero attached hydrogens (tertiary/aromatic N) is 3. The van der Waals surface area contributed by atoms with Gasteiger partial charge in [-0.1, -0.05) is 17.4 Å². The largest absolute Gasteiger partial charge is 0.382 e. The zero-order valence-electron chi connectivity index (χ0n) is 17.8. The number of amides is 1. The van der Waals surface area contributed by atoms with Crippen molar-refractivity contribution in [1.29, 1.82) is 0 Å². The molecular formula is C22H22F2N6O2S. The van der Waals surface area contributed by atoms with Gasteiger partial charge in [-0.25, -0.2) is 18.7 Å². The van der Waals surface area contributed by atoms with E-state index < -0.39 is 23.0 Å². The smallest absolute Gasteiger partial charge is 0.252 e. The number of carbonyl (C=O) groups is 2. The second-order valence-corrected chi connectivity index (χ2v) is 8.70. The van der Waals surface area contributed by atoms with Crippen molar-refractivity contribution in [3.63, 3.8) is 0 Å². The number of nitrogens with one attached hydrogen (secondary N) is 2. The number of halogens is 2. The van der Waals surface area contributed by atoms with Gasteiger partial charge < -0.3 is 21.3 Å². The fraction of sp³-hybridized carbons (Fsp3) is 0.273. The van der Waals surface area contributed by atoms with E-state index in [1.54, 1.807) is 12.1 Å². The Balaban J connectivity index is 1.41. The van der Waals surface area contributed by atoms with Gasteiger partial charge in [0.05, 0.1) is 11.1 Å². The normalized spacial score (nSPS) is 16.0. The monoisotopic (exact) mass is 472 g/mol. The van der Waals surface area contributed by atoms with Gasteiger partial charge in [-0.05, 0) is 50.7 Å². The van der Waals surface area contributed by atoms with Crippen molar-refractivity contribution >= 4 is 39.8 Å². The Morgan fingerprint density at radius 2 is 2.00 bits per heavy atom. The summed E-state index contributed by atoms with van der Waals surface area (Å²) in [6.45, 7) is 1.61. The summed E-state index contributed by atoms with van der Waals surface area (Å²) >= 11 is 0.854. The number of hydrogen-bond acceptors (Lipinski definition) is 8. The molecule has 3 heterocycles. The van der Waals surface area contributed by atoms with E-state index in [-0.39, 0.29) is 21.7 Å². The number of rotatable bonds is 7. The maximum absolute atomic E-state index is 14.0. The number of thiazole rings is 1. The van der Waals surface area contributed by atoms with Crippen molar-refractivity contribution in [2.24, 2.45) is 0 Å². The predicted molar refractivity (Wildman–Crippen MR) is 122 cm³/mol. The van der Waals surface area contributed by atoms with Crippen molar-refractivity contribution in [2.75, 3.05) is 31.2 Å². The lowest BCUT2D eigenvalue weighted by Crippen LogP contribution is -2.38. The van der Waals surface area contributed by atoms with E-state index in [0.29, 0.717) is 24.0 Å². The molecule has 1 aliphatic rings. The summed E-state index contributed by atoms with van der Waals surface area (Å²) in [6.07, 6.45) is 3.61. The van der Waals surface area contributed by atoms with E-state index in [1.165, 1.54) is 12.3 Å². The van der Waals surface area contributed by atoms with Gasteiger partial charge >= 0.3 is 0 Å². The number of benzene rings is 1. The number of nitrogen functional groups attached to an aromatic ring is 1. The van der Waals surface area contributed by atoms with Gasteiger partial charge in [-0.15, -0.1) is 0 Å². The van der Waals surface area contributed by atoms with Gasteiger partial charge in [-0.3, -0.25) is 9.59 Å². The Hall–Kier alpha value is -3.44. The number of hydrogen-bond donors (Lipinski definition) is 3. The number of nitrogens with two attached hydrogens (primary N) is 1. The number of likely N-dealkylation sites (tertiary alicyclic amines) is 1. The molecule has 1 atom stereocenters. The van der Waals surface area contributed by atoms with Gasteiger partial charge in [0.2, 0.25) is 5.78 Å². The van der Waals surface area contributed by atoms with Crippen LogP contribution < -0.4 is 16.4 Å². The first-order valence-electron chi connectivity index (χ1n) is 10.3. The van der Waals surface area contributed by atoms with Crippen molar-refractivity contribution in [3.8, 4) is 0 Å². The highest BCUT2D eigenvalue weighted by Gasteiger charge is 2.24. The summed E-state index contributed by atoms with van der Waals surface area (Å²) in [5, 5.41) is 6.03. The second-order valence-electron chi connectivity index (χ2n) is 7.70. The zero-order chi connectivity index (χ0) is 23.5. The second kappa shape index (κ2) is 9.59. The molecule has 8 nitrogen and oxygen atoms in total. The number of likely N-dealkylation sites (N-methyl/N-ethyl adjacent to an activating group) is 1. The molecule has 1 amide bonds. The van der Waals surface area contributed by atoms with Crippen molar-refractivity contribution in [2.45, 2.75) is 18.9 Å². The molecule has 2 aromatic heterocycles. The first kappa shape index (κ1) is 22.7. The standard InChI is InChI=1S/C22H22F2N6O2S/c1-30-9-3-4-13(30)11-27-21(32)12-7-8-16(26-10-12)28-22-29-20(25)19(33-22)18(31)17-14(23)5-2-6-15(17)24/h2,5-8,10,13H,3-4,9,11,25H2,1H3,(H,27,32)(H,26,28,29)/t13-/m0/s1.